The van der Waals surface area contributed by atoms with Gasteiger partial charge < -0.3 is 19.9 Å². The van der Waals surface area contributed by atoms with E-state index >= 15 is 0 Å². The second-order valence-corrected chi connectivity index (χ2v) is 8.90. The summed E-state index contributed by atoms with van der Waals surface area (Å²) in [6, 6.07) is 9.72. The molecule has 1 aromatic carbocycles. The Morgan fingerprint density at radius 1 is 1.19 bits per heavy atom. The molecule has 1 saturated carbocycles. The Bertz CT molecular complexity index is 1170. The highest BCUT2D eigenvalue weighted by Crippen LogP contribution is 2.47. The lowest BCUT2D eigenvalue weighted by atomic mass is 10.0. The van der Waals surface area contributed by atoms with Crippen molar-refractivity contribution in [1.29, 1.82) is 0 Å². The van der Waals surface area contributed by atoms with E-state index in [1.54, 1.807) is 4.90 Å². The predicted molar refractivity (Wildman–Crippen MR) is 114 cm³/mol. The number of amides is 2. The van der Waals surface area contributed by atoms with Crippen molar-refractivity contribution >= 4 is 22.7 Å². The molecule has 0 radical (unpaired) electrons. The summed E-state index contributed by atoms with van der Waals surface area (Å²) in [5.41, 5.74) is 3.75. The van der Waals surface area contributed by atoms with Crippen LogP contribution in [0.3, 0.4) is 0 Å². The lowest BCUT2D eigenvalue weighted by Crippen LogP contribution is -2.44. The molecule has 3 aromatic rings. The number of aromatic amines is 1. The van der Waals surface area contributed by atoms with E-state index in [-0.39, 0.29) is 24.0 Å². The molecule has 2 amide bonds. The number of carbonyl (C=O) groups excluding carboxylic acids is 2. The first kappa shape index (κ1) is 18.6. The molecule has 2 N–H and O–H groups in total. The van der Waals surface area contributed by atoms with Gasteiger partial charge in [0.1, 0.15) is 11.4 Å². The maximum atomic E-state index is 13.5. The Morgan fingerprint density at radius 2 is 2.03 bits per heavy atom. The van der Waals surface area contributed by atoms with Crippen molar-refractivity contribution in [3.63, 3.8) is 0 Å². The van der Waals surface area contributed by atoms with Crippen LogP contribution >= 0.6 is 0 Å². The van der Waals surface area contributed by atoms with Crippen LogP contribution < -0.4 is 0 Å². The number of aliphatic hydroxyl groups excluding tert-OH is 1. The molecule has 1 fully saturated rings. The number of aromatic nitrogens is 3. The number of hydrogen-bond acceptors (Lipinski definition) is 4. The number of hydrogen-bond donors (Lipinski definition) is 2. The number of benzene rings is 1. The van der Waals surface area contributed by atoms with Crippen LogP contribution in [-0.2, 0) is 19.5 Å². The Labute approximate surface area is 179 Å². The van der Waals surface area contributed by atoms with Gasteiger partial charge in [0.2, 0.25) is 0 Å². The first-order chi connectivity index (χ1) is 15.1. The van der Waals surface area contributed by atoms with E-state index in [4.69, 9.17) is 5.10 Å². The lowest BCUT2D eigenvalue weighted by molar-refractivity contribution is 0.0594. The van der Waals surface area contributed by atoms with Gasteiger partial charge in [-0.15, -0.1) is 0 Å². The Morgan fingerprint density at radius 3 is 2.81 bits per heavy atom. The fourth-order valence-corrected chi connectivity index (χ4v) is 5.26. The van der Waals surface area contributed by atoms with Gasteiger partial charge in [0.15, 0.2) is 0 Å². The van der Waals surface area contributed by atoms with Gasteiger partial charge in [0.25, 0.3) is 11.8 Å². The van der Waals surface area contributed by atoms with Crippen LogP contribution in [-0.4, -0.2) is 66.7 Å². The highest BCUT2D eigenvalue weighted by molar-refractivity contribution is 5.99. The molecular weight excluding hydrogens is 394 g/mol. The minimum Gasteiger partial charge on any atom is -0.395 e. The highest BCUT2D eigenvalue weighted by atomic mass is 16.3. The summed E-state index contributed by atoms with van der Waals surface area (Å²) in [4.78, 5) is 33.6. The van der Waals surface area contributed by atoms with Crippen LogP contribution in [0.1, 0.15) is 51.5 Å². The van der Waals surface area contributed by atoms with Gasteiger partial charge in [-0.3, -0.25) is 14.3 Å². The summed E-state index contributed by atoms with van der Waals surface area (Å²) in [6.07, 6.45) is 3.47. The third-order valence-corrected chi connectivity index (χ3v) is 7.11. The number of β-amino-alcohol motifs (C(OH)–C–C–N with tert-alkyl or cyclic N) is 1. The second-order valence-electron chi connectivity index (χ2n) is 8.90. The summed E-state index contributed by atoms with van der Waals surface area (Å²) in [6.45, 7) is 1.96. The van der Waals surface area contributed by atoms with E-state index in [9.17, 15) is 14.7 Å². The average molecular weight is 419 g/mol. The topological polar surface area (TPSA) is 94.5 Å². The molecule has 3 aliphatic rings. The number of para-hydroxylation sites is 1. The second kappa shape index (κ2) is 6.68. The molecule has 0 atom stereocenters. The quantitative estimate of drug-likeness (QED) is 0.678. The van der Waals surface area contributed by atoms with Crippen molar-refractivity contribution in [1.82, 2.24) is 24.6 Å². The monoisotopic (exact) mass is 419 g/mol. The number of nitrogens with zero attached hydrogens (tertiary/aromatic N) is 4. The molecule has 4 heterocycles. The normalized spacial score (nSPS) is 19.5. The number of aliphatic hydroxyl groups is 1. The van der Waals surface area contributed by atoms with Gasteiger partial charge >= 0.3 is 0 Å². The van der Waals surface area contributed by atoms with Crippen molar-refractivity contribution in [3.05, 3.63) is 53.0 Å². The smallest absolute Gasteiger partial charge is 0.273 e. The maximum Gasteiger partial charge on any atom is 0.273 e. The Kier molecular flexibility index (Phi) is 4.02. The van der Waals surface area contributed by atoms with Gasteiger partial charge in [-0.1, -0.05) is 18.2 Å². The van der Waals surface area contributed by atoms with E-state index in [0.29, 0.717) is 44.0 Å². The van der Waals surface area contributed by atoms with Gasteiger partial charge in [-0.2, -0.15) is 5.10 Å². The SMILES string of the molecule is O=C(c1cc2ccccc2[nH]1)N1CCc2nn3c(c2C1)C(=O)N(CCO)C1(CC3)CC1. The van der Waals surface area contributed by atoms with Crippen molar-refractivity contribution in [2.45, 2.75) is 44.3 Å². The van der Waals surface area contributed by atoms with Gasteiger partial charge in [-0.25, -0.2) is 0 Å². The first-order valence-electron chi connectivity index (χ1n) is 11.0. The van der Waals surface area contributed by atoms with Gasteiger partial charge in [-0.05, 0) is 31.4 Å². The zero-order valence-electron chi connectivity index (χ0n) is 17.3. The van der Waals surface area contributed by atoms with Crippen LogP contribution in [0.4, 0.5) is 0 Å². The Balaban J connectivity index is 1.33. The Hall–Kier alpha value is -3.13. The van der Waals surface area contributed by atoms with Crippen molar-refractivity contribution in [3.8, 4) is 0 Å². The number of rotatable bonds is 3. The number of aryl methyl sites for hydroxylation is 1. The summed E-state index contributed by atoms with van der Waals surface area (Å²) >= 11 is 0. The molecule has 2 aliphatic heterocycles. The molecule has 160 valence electrons. The molecular formula is C23H25N5O3. The number of H-pyrrole nitrogens is 1. The minimum absolute atomic E-state index is 0.0468. The average Bonchev–Trinajstić information content (AvgIpc) is 3.31. The standard InChI is InChI=1S/C23H25N5O3/c29-12-11-27-22(31)20-16-14-26(21(30)19-13-15-3-1-2-4-17(15)24-19)9-5-18(16)25-28(20)10-8-23(27)6-7-23/h1-4,13,24,29H,5-12,14H2. The number of nitrogens with one attached hydrogen (secondary N) is 1. The van der Waals surface area contributed by atoms with E-state index in [0.717, 1.165) is 41.4 Å². The summed E-state index contributed by atoms with van der Waals surface area (Å²) < 4.78 is 1.85. The number of carbonyl (C=O) groups is 2. The molecule has 6 rings (SSSR count). The molecule has 31 heavy (non-hydrogen) atoms. The van der Waals surface area contributed by atoms with Crippen LogP contribution in [0.25, 0.3) is 10.9 Å². The molecule has 0 unspecified atom stereocenters. The zero-order valence-corrected chi connectivity index (χ0v) is 17.3. The highest BCUT2D eigenvalue weighted by Gasteiger charge is 2.52. The third-order valence-electron chi connectivity index (χ3n) is 7.11. The predicted octanol–water partition coefficient (Wildman–Crippen LogP) is 1.93. The van der Waals surface area contributed by atoms with Crippen LogP contribution in [0.5, 0.6) is 0 Å². The summed E-state index contributed by atoms with van der Waals surface area (Å²) in [7, 11) is 0. The third kappa shape index (κ3) is 2.81. The lowest BCUT2D eigenvalue weighted by Gasteiger charge is -2.30. The maximum absolute atomic E-state index is 13.5. The first-order valence-corrected chi connectivity index (χ1v) is 11.0. The molecule has 0 saturated heterocycles. The van der Waals surface area contributed by atoms with Gasteiger partial charge in [0, 0.05) is 48.1 Å². The van der Waals surface area contributed by atoms with Crippen molar-refractivity contribution < 1.29 is 14.7 Å². The van der Waals surface area contributed by atoms with Crippen molar-refractivity contribution in [2.24, 2.45) is 0 Å². The fraction of sp³-hybridized carbons (Fsp3) is 0.435. The molecule has 2 aromatic heterocycles. The number of fused-ring (bicyclic) bond motifs is 4. The van der Waals surface area contributed by atoms with E-state index in [1.807, 2.05) is 39.9 Å². The molecule has 8 heteroatoms. The molecule has 8 nitrogen and oxygen atoms in total. The van der Waals surface area contributed by atoms with Crippen LogP contribution in [0.2, 0.25) is 0 Å². The van der Waals surface area contributed by atoms with E-state index in [2.05, 4.69) is 4.98 Å². The zero-order chi connectivity index (χ0) is 21.2. The van der Waals surface area contributed by atoms with Crippen molar-refractivity contribution in [2.75, 3.05) is 19.7 Å². The minimum atomic E-state index is -0.123. The largest absolute Gasteiger partial charge is 0.395 e. The van der Waals surface area contributed by atoms with E-state index in [1.165, 1.54) is 0 Å². The van der Waals surface area contributed by atoms with Gasteiger partial charge in [0.05, 0.1) is 18.8 Å². The molecule has 0 bridgehead atoms. The van der Waals surface area contributed by atoms with Crippen LogP contribution in [0, 0.1) is 0 Å². The molecule has 1 spiro atoms. The van der Waals surface area contributed by atoms with E-state index < -0.39 is 0 Å². The fourth-order valence-electron chi connectivity index (χ4n) is 5.26. The molecule has 1 aliphatic carbocycles. The summed E-state index contributed by atoms with van der Waals surface area (Å²) in [5, 5.41) is 15.3. The van der Waals surface area contributed by atoms with Crippen LogP contribution in [0.15, 0.2) is 30.3 Å². The summed E-state index contributed by atoms with van der Waals surface area (Å²) in [5.74, 6) is -0.119.